The molecule has 1 aromatic carbocycles. The molecule has 0 aliphatic carbocycles. The van der Waals surface area contributed by atoms with Crippen molar-refractivity contribution in [2.75, 3.05) is 39.5 Å². The third-order valence-corrected chi connectivity index (χ3v) is 4.39. The molecule has 0 saturated carbocycles. The van der Waals surface area contributed by atoms with Gasteiger partial charge in [-0.05, 0) is 57.4 Å². The summed E-state index contributed by atoms with van der Waals surface area (Å²) in [5.41, 5.74) is 0. The lowest BCUT2D eigenvalue weighted by Crippen LogP contribution is -2.39. The Morgan fingerprint density at radius 2 is 1.96 bits per heavy atom. The van der Waals surface area contributed by atoms with Gasteiger partial charge in [0.2, 0.25) is 0 Å². The van der Waals surface area contributed by atoms with Crippen LogP contribution < -0.4 is 15.4 Å². The van der Waals surface area contributed by atoms with Crippen molar-refractivity contribution in [1.82, 2.24) is 10.6 Å². The third kappa shape index (κ3) is 10.7. The maximum Gasteiger partial charge on any atom is 0.191 e. The summed E-state index contributed by atoms with van der Waals surface area (Å²) in [7, 11) is 0. The molecule has 1 saturated heterocycles. The molecule has 1 atom stereocenters. The molecule has 6 nitrogen and oxygen atoms in total. The van der Waals surface area contributed by atoms with Crippen molar-refractivity contribution < 1.29 is 14.2 Å². The fourth-order valence-electron chi connectivity index (χ4n) is 2.72. The smallest absolute Gasteiger partial charge is 0.191 e. The molecule has 0 radical (unpaired) electrons. The van der Waals surface area contributed by atoms with E-state index in [1.165, 1.54) is 0 Å². The molecule has 1 aromatic rings. The van der Waals surface area contributed by atoms with E-state index in [9.17, 15) is 0 Å². The first-order chi connectivity index (χ1) is 13.2. The molecule has 1 heterocycles. The van der Waals surface area contributed by atoms with Gasteiger partial charge in [0.15, 0.2) is 5.96 Å². The second-order valence-corrected chi connectivity index (χ2v) is 7.00. The Balaban J connectivity index is 0.00000392. The number of nitrogens with zero attached hydrogens (tertiary/aromatic N) is 1. The van der Waals surface area contributed by atoms with Crippen molar-refractivity contribution in [3.8, 4) is 5.75 Å². The topological polar surface area (TPSA) is 64.1 Å². The zero-order valence-corrected chi connectivity index (χ0v) is 19.9. The van der Waals surface area contributed by atoms with Gasteiger partial charge in [0.25, 0.3) is 0 Å². The fraction of sp³-hybridized carbons (Fsp3) is 0.650. The summed E-state index contributed by atoms with van der Waals surface area (Å²) in [4.78, 5) is 4.60. The number of hydrogen-bond donors (Lipinski definition) is 2. The number of rotatable bonds is 10. The van der Waals surface area contributed by atoms with Gasteiger partial charge in [0.1, 0.15) is 11.9 Å². The van der Waals surface area contributed by atoms with E-state index in [1.807, 2.05) is 31.2 Å². The van der Waals surface area contributed by atoms with Crippen LogP contribution in [-0.2, 0) is 9.47 Å². The number of guanidine groups is 1. The average Bonchev–Trinajstić information content (AvgIpc) is 2.68. The van der Waals surface area contributed by atoms with Gasteiger partial charge in [0, 0.05) is 37.9 Å². The lowest BCUT2D eigenvalue weighted by atomic mass is 10.1. The lowest BCUT2D eigenvalue weighted by molar-refractivity contribution is -0.0320. The Hall–Kier alpha value is -0.770. The van der Waals surface area contributed by atoms with E-state index in [0.29, 0.717) is 17.7 Å². The SMILES string of the molecule is CCNC(=NCC(C)Oc1ccc(Cl)cc1)NCCCOC1CCOCC1.I. The van der Waals surface area contributed by atoms with Crippen molar-refractivity contribution in [2.45, 2.75) is 45.3 Å². The van der Waals surface area contributed by atoms with Crippen molar-refractivity contribution >= 4 is 41.5 Å². The molecular formula is C20H33ClIN3O3. The monoisotopic (exact) mass is 525 g/mol. The average molecular weight is 526 g/mol. The highest BCUT2D eigenvalue weighted by atomic mass is 127. The van der Waals surface area contributed by atoms with Crippen molar-refractivity contribution in [3.63, 3.8) is 0 Å². The number of nitrogens with one attached hydrogen (secondary N) is 2. The van der Waals surface area contributed by atoms with Crippen LogP contribution in [0.5, 0.6) is 5.75 Å². The molecule has 0 bridgehead atoms. The Labute approximate surface area is 190 Å². The van der Waals surface area contributed by atoms with Crippen LogP contribution in [0.15, 0.2) is 29.3 Å². The van der Waals surface area contributed by atoms with Crippen molar-refractivity contribution in [1.29, 1.82) is 0 Å². The number of halogens is 2. The number of ether oxygens (including phenoxy) is 3. The van der Waals surface area contributed by atoms with Crippen LogP contribution >= 0.6 is 35.6 Å². The summed E-state index contributed by atoms with van der Waals surface area (Å²) < 4.78 is 17.1. The van der Waals surface area contributed by atoms with Crippen LogP contribution in [0.3, 0.4) is 0 Å². The molecule has 0 aromatic heterocycles. The second-order valence-electron chi connectivity index (χ2n) is 6.56. The van der Waals surface area contributed by atoms with Crippen LogP contribution in [-0.4, -0.2) is 57.6 Å². The molecule has 160 valence electrons. The van der Waals surface area contributed by atoms with Crippen LogP contribution in [0, 0.1) is 0 Å². The first-order valence-electron chi connectivity index (χ1n) is 9.81. The van der Waals surface area contributed by atoms with Gasteiger partial charge in [-0.3, -0.25) is 0 Å². The minimum atomic E-state index is -0.0292. The first kappa shape index (κ1) is 25.3. The molecule has 1 fully saturated rings. The van der Waals surface area contributed by atoms with Crippen LogP contribution in [0.4, 0.5) is 0 Å². The van der Waals surface area contributed by atoms with Crippen molar-refractivity contribution in [2.24, 2.45) is 4.99 Å². The van der Waals surface area contributed by atoms with E-state index >= 15 is 0 Å². The maximum atomic E-state index is 5.89. The highest BCUT2D eigenvalue weighted by molar-refractivity contribution is 14.0. The molecule has 2 rings (SSSR count). The molecule has 1 aliphatic rings. The quantitative estimate of drug-likeness (QED) is 0.210. The molecule has 1 aliphatic heterocycles. The van der Waals surface area contributed by atoms with Crippen LogP contribution in [0.1, 0.15) is 33.1 Å². The van der Waals surface area contributed by atoms with E-state index in [1.54, 1.807) is 0 Å². The lowest BCUT2D eigenvalue weighted by Gasteiger charge is -2.22. The predicted molar refractivity (Wildman–Crippen MR) is 125 cm³/mol. The molecule has 0 amide bonds. The number of hydrogen-bond acceptors (Lipinski definition) is 4. The highest BCUT2D eigenvalue weighted by Crippen LogP contribution is 2.16. The van der Waals surface area contributed by atoms with Gasteiger partial charge in [-0.15, -0.1) is 24.0 Å². The molecule has 0 spiro atoms. The largest absolute Gasteiger partial charge is 0.489 e. The van der Waals surface area contributed by atoms with Gasteiger partial charge in [-0.1, -0.05) is 11.6 Å². The summed E-state index contributed by atoms with van der Waals surface area (Å²) in [5.74, 6) is 1.60. The highest BCUT2D eigenvalue weighted by Gasteiger charge is 2.13. The van der Waals surface area contributed by atoms with E-state index in [4.69, 9.17) is 25.8 Å². The van der Waals surface area contributed by atoms with E-state index in [0.717, 1.165) is 63.9 Å². The summed E-state index contributed by atoms with van der Waals surface area (Å²) in [6, 6.07) is 7.37. The summed E-state index contributed by atoms with van der Waals surface area (Å²) in [6.45, 7) is 8.65. The van der Waals surface area contributed by atoms with Gasteiger partial charge >= 0.3 is 0 Å². The van der Waals surface area contributed by atoms with Crippen LogP contribution in [0.25, 0.3) is 0 Å². The van der Waals surface area contributed by atoms with Crippen molar-refractivity contribution in [3.05, 3.63) is 29.3 Å². The normalized spacial score (nSPS) is 16.2. The summed E-state index contributed by atoms with van der Waals surface area (Å²) >= 11 is 5.89. The fourth-order valence-corrected chi connectivity index (χ4v) is 2.84. The molecule has 2 N–H and O–H groups in total. The van der Waals surface area contributed by atoms with E-state index in [2.05, 4.69) is 22.5 Å². The van der Waals surface area contributed by atoms with Gasteiger partial charge in [-0.25, -0.2) is 4.99 Å². The predicted octanol–water partition coefficient (Wildman–Crippen LogP) is 3.87. The Morgan fingerprint density at radius 1 is 1.25 bits per heavy atom. The van der Waals surface area contributed by atoms with Gasteiger partial charge in [-0.2, -0.15) is 0 Å². The Bertz CT molecular complexity index is 554. The molecule has 1 unspecified atom stereocenters. The van der Waals surface area contributed by atoms with Crippen LogP contribution in [0.2, 0.25) is 5.02 Å². The first-order valence-corrected chi connectivity index (χ1v) is 10.2. The standard InChI is InChI=1S/C20H32ClN3O3.HI/c1-3-22-20(23-11-4-12-26-18-9-13-25-14-10-18)24-15-16(2)27-19-7-5-17(21)6-8-19;/h5-8,16,18H,3-4,9-15H2,1-2H3,(H2,22,23,24);1H. The molecule has 28 heavy (non-hydrogen) atoms. The van der Waals surface area contributed by atoms with E-state index in [-0.39, 0.29) is 30.1 Å². The van der Waals surface area contributed by atoms with Gasteiger partial charge in [0.05, 0.1) is 12.6 Å². The number of benzene rings is 1. The Morgan fingerprint density at radius 3 is 2.64 bits per heavy atom. The summed E-state index contributed by atoms with van der Waals surface area (Å²) in [6.07, 6.45) is 3.27. The Kier molecular flexibility index (Phi) is 13.6. The minimum Gasteiger partial charge on any atom is -0.489 e. The van der Waals surface area contributed by atoms with Gasteiger partial charge < -0.3 is 24.8 Å². The van der Waals surface area contributed by atoms with E-state index < -0.39 is 0 Å². The molecular weight excluding hydrogens is 493 g/mol. The zero-order valence-electron chi connectivity index (χ0n) is 16.8. The third-order valence-electron chi connectivity index (χ3n) is 4.14. The number of aliphatic imine (C=N–C) groups is 1. The minimum absolute atomic E-state index is 0. The maximum absolute atomic E-state index is 5.89. The summed E-state index contributed by atoms with van der Waals surface area (Å²) in [5, 5.41) is 7.31. The second kappa shape index (κ2) is 15.1. The zero-order chi connectivity index (χ0) is 19.3. The molecule has 8 heteroatoms.